The van der Waals surface area contributed by atoms with Crippen LogP contribution >= 0.6 is 0 Å². The normalized spacial score (nSPS) is 12.7. The number of carbonyl (C=O) groups excluding carboxylic acids is 1. The van der Waals surface area contributed by atoms with Crippen molar-refractivity contribution in [2.24, 2.45) is 5.16 Å². The van der Waals surface area contributed by atoms with Gasteiger partial charge in [-0.05, 0) is 53.7 Å². The fourth-order valence-corrected chi connectivity index (χ4v) is 1.62. The zero-order valence-corrected chi connectivity index (χ0v) is 14.9. The van der Waals surface area contributed by atoms with Gasteiger partial charge in [0.2, 0.25) is 5.60 Å². The molecule has 0 aliphatic carbocycles. The molecule has 1 rings (SSSR count). The molecule has 0 bridgehead atoms. The Morgan fingerprint density at radius 3 is 2.26 bits per heavy atom. The lowest BCUT2D eigenvalue weighted by Crippen LogP contribution is -2.40. The number of carbonyl (C=O) groups is 1. The molecule has 0 saturated carbocycles. The maximum Gasteiger partial charge on any atom is 0.353 e. The van der Waals surface area contributed by atoms with Gasteiger partial charge < -0.3 is 20.0 Å². The number of anilines is 1. The highest BCUT2D eigenvalue weighted by molar-refractivity contribution is 5.99. The standard InChI is InChI=1S/C17H26N2O4/c1-11(12-8-13(18)10-14(9-12)21-7)19-23-17(5,6)15(20)22-16(2,3)4/h8-10H,18H2,1-7H3. The van der Waals surface area contributed by atoms with Crippen molar-refractivity contribution in [2.45, 2.75) is 52.7 Å². The topological polar surface area (TPSA) is 83.1 Å². The van der Waals surface area contributed by atoms with Crippen molar-refractivity contribution >= 4 is 17.4 Å². The lowest BCUT2D eigenvalue weighted by atomic mass is 10.1. The number of nitrogen functional groups attached to an aromatic ring is 1. The first kappa shape index (κ1) is 18.8. The van der Waals surface area contributed by atoms with Crippen LogP contribution in [0.25, 0.3) is 0 Å². The van der Waals surface area contributed by atoms with Gasteiger partial charge in [-0.25, -0.2) is 4.79 Å². The summed E-state index contributed by atoms with van der Waals surface area (Å²) in [5.74, 6) is 0.146. The van der Waals surface area contributed by atoms with E-state index in [1.807, 2.05) is 0 Å². The molecule has 0 unspecified atom stereocenters. The minimum absolute atomic E-state index is 0.480. The summed E-state index contributed by atoms with van der Waals surface area (Å²) < 4.78 is 10.5. The third-order valence-electron chi connectivity index (χ3n) is 2.88. The minimum Gasteiger partial charge on any atom is -0.497 e. The molecule has 0 aliphatic heterocycles. The first-order valence-electron chi connectivity index (χ1n) is 7.36. The zero-order chi connectivity index (χ0) is 17.8. The van der Waals surface area contributed by atoms with Crippen molar-refractivity contribution in [3.8, 4) is 5.75 Å². The number of esters is 1. The number of ether oxygens (including phenoxy) is 2. The first-order valence-corrected chi connectivity index (χ1v) is 7.36. The van der Waals surface area contributed by atoms with Gasteiger partial charge >= 0.3 is 5.97 Å². The average molecular weight is 322 g/mol. The molecule has 0 radical (unpaired) electrons. The average Bonchev–Trinajstić information content (AvgIpc) is 2.42. The largest absolute Gasteiger partial charge is 0.497 e. The summed E-state index contributed by atoms with van der Waals surface area (Å²) >= 11 is 0. The van der Waals surface area contributed by atoms with E-state index >= 15 is 0 Å². The maximum absolute atomic E-state index is 12.1. The number of methoxy groups -OCH3 is 1. The summed E-state index contributed by atoms with van der Waals surface area (Å²) in [4.78, 5) is 17.5. The van der Waals surface area contributed by atoms with E-state index in [2.05, 4.69) is 5.16 Å². The van der Waals surface area contributed by atoms with Gasteiger partial charge in [0.25, 0.3) is 0 Å². The molecule has 0 amide bonds. The molecular formula is C17H26N2O4. The number of hydrogen-bond donors (Lipinski definition) is 1. The molecule has 0 saturated heterocycles. The maximum atomic E-state index is 12.1. The van der Waals surface area contributed by atoms with Crippen molar-refractivity contribution in [3.05, 3.63) is 23.8 Å². The highest BCUT2D eigenvalue weighted by Gasteiger charge is 2.35. The van der Waals surface area contributed by atoms with Crippen molar-refractivity contribution in [1.29, 1.82) is 0 Å². The van der Waals surface area contributed by atoms with Gasteiger partial charge in [-0.3, -0.25) is 0 Å². The summed E-state index contributed by atoms with van der Waals surface area (Å²) in [6.45, 7) is 10.4. The molecule has 0 spiro atoms. The molecule has 0 fully saturated rings. The van der Waals surface area contributed by atoms with Gasteiger partial charge in [0.1, 0.15) is 11.4 Å². The Bertz CT molecular complexity index is 601. The third-order valence-corrected chi connectivity index (χ3v) is 2.88. The second-order valence-corrected chi connectivity index (χ2v) is 6.78. The Morgan fingerprint density at radius 2 is 1.74 bits per heavy atom. The fraction of sp³-hybridized carbons (Fsp3) is 0.529. The van der Waals surface area contributed by atoms with E-state index in [0.717, 1.165) is 5.56 Å². The predicted octanol–water partition coefficient (Wildman–Crippen LogP) is 3.14. The molecule has 128 valence electrons. The Balaban J connectivity index is 2.90. The van der Waals surface area contributed by atoms with Crippen molar-refractivity contribution in [1.82, 2.24) is 0 Å². The summed E-state index contributed by atoms with van der Waals surface area (Å²) in [7, 11) is 1.56. The van der Waals surface area contributed by atoms with E-state index in [9.17, 15) is 4.79 Å². The van der Waals surface area contributed by atoms with Crippen LogP contribution in [0.15, 0.2) is 23.4 Å². The minimum atomic E-state index is -1.20. The fourth-order valence-electron chi connectivity index (χ4n) is 1.62. The van der Waals surface area contributed by atoms with Crippen LogP contribution in [0.4, 0.5) is 5.69 Å². The molecule has 23 heavy (non-hydrogen) atoms. The van der Waals surface area contributed by atoms with Crippen LogP contribution in [0.3, 0.4) is 0 Å². The second-order valence-electron chi connectivity index (χ2n) is 6.78. The van der Waals surface area contributed by atoms with Gasteiger partial charge in [-0.2, -0.15) is 0 Å². The van der Waals surface area contributed by atoms with E-state index in [1.54, 1.807) is 66.9 Å². The molecule has 2 N–H and O–H groups in total. The van der Waals surface area contributed by atoms with Gasteiger partial charge in [-0.15, -0.1) is 0 Å². The molecule has 1 aromatic rings. The molecule has 0 heterocycles. The molecule has 1 aromatic carbocycles. The van der Waals surface area contributed by atoms with Crippen molar-refractivity contribution in [3.63, 3.8) is 0 Å². The van der Waals surface area contributed by atoms with E-state index in [0.29, 0.717) is 17.1 Å². The van der Waals surface area contributed by atoms with Gasteiger partial charge in [0.05, 0.1) is 12.8 Å². The summed E-state index contributed by atoms with van der Waals surface area (Å²) in [6, 6.07) is 5.26. The first-order chi connectivity index (χ1) is 10.4. The van der Waals surface area contributed by atoms with Crippen LogP contribution in [-0.4, -0.2) is 30.0 Å². The van der Waals surface area contributed by atoms with Crippen LogP contribution < -0.4 is 10.5 Å². The number of nitrogens with two attached hydrogens (primary N) is 1. The van der Waals surface area contributed by atoms with Crippen LogP contribution in [0.2, 0.25) is 0 Å². The van der Waals surface area contributed by atoms with E-state index in [-0.39, 0.29) is 0 Å². The van der Waals surface area contributed by atoms with E-state index in [1.165, 1.54) is 0 Å². The molecule has 0 aromatic heterocycles. The van der Waals surface area contributed by atoms with Gasteiger partial charge in [-0.1, -0.05) is 5.16 Å². The van der Waals surface area contributed by atoms with Crippen LogP contribution in [0.5, 0.6) is 5.75 Å². The van der Waals surface area contributed by atoms with Crippen molar-refractivity contribution < 1.29 is 19.1 Å². The Hall–Kier alpha value is -2.24. The van der Waals surface area contributed by atoms with Crippen molar-refractivity contribution in [2.75, 3.05) is 12.8 Å². The van der Waals surface area contributed by atoms with E-state index in [4.69, 9.17) is 20.0 Å². The van der Waals surface area contributed by atoms with Crippen LogP contribution in [-0.2, 0) is 14.4 Å². The highest BCUT2D eigenvalue weighted by Crippen LogP contribution is 2.21. The third kappa shape index (κ3) is 5.81. The number of oxime groups is 1. The summed E-state index contributed by atoms with van der Waals surface area (Å²) in [5.41, 5.74) is 5.93. The zero-order valence-electron chi connectivity index (χ0n) is 14.9. The smallest absolute Gasteiger partial charge is 0.353 e. The predicted molar refractivity (Wildman–Crippen MR) is 90.6 cm³/mol. The molecule has 0 atom stereocenters. The number of hydrogen-bond acceptors (Lipinski definition) is 6. The monoisotopic (exact) mass is 322 g/mol. The SMILES string of the molecule is COc1cc(N)cc(C(C)=NOC(C)(C)C(=O)OC(C)(C)C)c1. The number of nitrogens with zero attached hydrogens (tertiary/aromatic N) is 1. The molecule has 6 heteroatoms. The van der Waals surface area contributed by atoms with Crippen LogP contribution in [0.1, 0.15) is 47.1 Å². The van der Waals surface area contributed by atoms with Crippen LogP contribution in [0, 0.1) is 0 Å². The summed E-state index contributed by atoms with van der Waals surface area (Å²) in [6.07, 6.45) is 0. The lowest BCUT2D eigenvalue weighted by molar-refractivity contribution is -0.179. The molecule has 0 aliphatic rings. The second kappa shape index (κ2) is 6.89. The molecular weight excluding hydrogens is 296 g/mol. The lowest BCUT2D eigenvalue weighted by Gasteiger charge is -2.26. The Kier molecular flexibility index (Phi) is 5.64. The van der Waals surface area contributed by atoms with Gasteiger partial charge in [0.15, 0.2) is 0 Å². The quantitative estimate of drug-likeness (QED) is 0.390. The Labute approximate surface area is 137 Å². The molecule has 6 nitrogen and oxygen atoms in total. The number of benzene rings is 1. The van der Waals surface area contributed by atoms with E-state index < -0.39 is 17.2 Å². The van der Waals surface area contributed by atoms with Gasteiger partial charge in [0, 0.05) is 17.3 Å². The number of rotatable bonds is 5. The Morgan fingerprint density at radius 1 is 1.13 bits per heavy atom. The summed E-state index contributed by atoms with van der Waals surface area (Å²) in [5, 5.41) is 4.04. The highest BCUT2D eigenvalue weighted by atomic mass is 16.7.